The molecule has 3 unspecified atom stereocenters. The van der Waals surface area contributed by atoms with Crippen LogP contribution < -0.4 is 15.3 Å². The van der Waals surface area contributed by atoms with Gasteiger partial charge in [0, 0.05) is 37.7 Å². The molecule has 3 atom stereocenters. The molecule has 9 heteroatoms. The molecule has 1 aromatic carbocycles. The fourth-order valence-electron chi connectivity index (χ4n) is 5.78. The van der Waals surface area contributed by atoms with Crippen LogP contribution in [0.5, 0.6) is 0 Å². The zero-order valence-corrected chi connectivity index (χ0v) is 23.2. The van der Waals surface area contributed by atoms with E-state index in [0.717, 1.165) is 48.3 Å². The number of hydrogen-bond acceptors (Lipinski definition) is 6. The molecule has 3 aliphatic rings. The van der Waals surface area contributed by atoms with Crippen LogP contribution in [0.3, 0.4) is 0 Å². The van der Waals surface area contributed by atoms with Crippen molar-refractivity contribution in [3.8, 4) is 11.1 Å². The molecule has 1 aromatic heterocycles. The molecular formula is C29H42N6O3. The van der Waals surface area contributed by atoms with Gasteiger partial charge in [-0.3, -0.25) is 24.0 Å². The van der Waals surface area contributed by atoms with E-state index in [-0.39, 0.29) is 36.2 Å². The highest BCUT2D eigenvalue weighted by Gasteiger charge is 2.40. The van der Waals surface area contributed by atoms with E-state index in [1.807, 2.05) is 52.0 Å². The Labute approximate surface area is 226 Å². The quantitative estimate of drug-likeness (QED) is 0.462. The second-order valence-electron chi connectivity index (χ2n) is 11.1. The number of hydrogen-bond donors (Lipinski definition) is 1. The Kier molecular flexibility index (Phi) is 8.16. The third-order valence-corrected chi connectivity index (χ3v) is 8.03. The van der Waals surface area contributed by atoms with E-state index in [4.69, 9.17) is 4.84 Å². The predicted octanol–water partition coefficient (Wildman–Crippen LogP) is 4.53. The van der Waals surface area contributed by atoms with Gasteiger partial charge in [0.15, 0.2) is 0 Å². The fourth-order valence-corrected chi connectivity index (χ4v) is 5.78. The van der Waals surface area contributed by atoms with Crippen LogP contribution in [0.1, 0.15) is 72.6 Å². The normalized spacial score (nSPS) is 23.6. The highest BCUT2D eigenvalue weighted by molar-refractivity contribution is 6.06. The largest absolute Gasteiger partial charge is 0.308 e. The molecule has 2 aliphatic heterocycles. The monoisotopic (exact) mass is 522 g/mol. The lowest BCUT2D eigenvalue weighted by atomic mass is 10.0. The first-order valence-corrected chi connectivity index (χ1v) is 14.3. The topological polar surface area (TPSA) is 82.9 Å². The molecule has 0 radical (unpaired) electrons. The third kappa shape index (κ3) is 5.65. The molecule has 2 aromatic rings. The first kappa shape index (κ1) is 26.8. The molecule has 2 fully saturated rings. The lowest BCUT2D eigenvalue weighted by Gasteiger charge is -2.41. The summed E-state index contributed by atoms with van der Waals surface area (Å²) >= 11 is 0. The van der Waals surface area contributed by atoms with Crippen molar-refractivity contribution in [1.82, 2.24) is 20.2 Å². The van der Waals surface area contributed by atoms with Gasteiger partial charge in [-0.25, -0.2) is 0 Å². The maximum atomic E-state index is 13.2. The number of unbranched alkanes of at least 4 members (excludes halogenated alkanes) is 4. The molecule has 1 aliphatic carbocycles. The molecule has 1 N–H and O–H groups in total. The number of benzene rings is 1. The number of hydroxylamine groups is 1. The number of carbonyl (C=O) groups excluding carboxylic acids is 2. The Balaban J connectivity index is 1.32. The standard InChI is InChI=1S/C29H42N6O3/c1-5-6-7-8-9-14-33-22(4)38-31-28(33)19-32-18-25(16-30-32)24-12-13-26-27(15-24)34(29(37)23-10-11-23)17-20(2)35(26)21(3)36/h12-13,15-16,18,20,22-23,28,31H,5-11,14,17,19H2,1-4H3. The van der Waals surface area contributed by atoms with Gasteiger partial charge in [-0.15, -0.1) is 0 Å². The van der Waals surface area contributed by atoms with Gasteiger partial charge in [0.25, 0.3) is 0 Å². The number of anilines is 2. The van der Waals surface area contributed by atoms with Gasteiger partial charge in [-0.05, 0) is 50.8 Å². The maximum absolute atomic E-state index is 13.2. The van der Waals surface area contributed by atoms with Crippen LogP contribution in [0.15, 0.2) is 30.6 Å². The number of nitrogens with zero attached hydrogens (tertiary/aromatic N) is 5. The number of fused-ring (bicyclic) bond motifs is 1. The predicted molar refractivity (Wildman–Crippen MR) is 148 cm³/mol. The zero-order valence-electron chi connectivity index (χ0n) is 23.2. The minimum Gasteiger partial charge on any atom is -0.308 e. The first-order valence-electron chi connectivity index (χ1n) is 14.3. The van der Waals surface area contributed by atoms with Crippen LogP contribution >= 0.6 is 0 Å². The average Bonchev–Trinajstić information content (AvgIpc) is 3.56. The van der Waals surface area contributed by atoms with Crippen molar-refractivity contribution >= 4 is 23.2 Å². The van der Waals surface area contributed by atoms with Gasteiger partial charge >= 0.3 is 0 Å². The SMILES string of the molecule is CCCCCCCN1C(Cn2cc(-c3ccc4c(c3)N(C(=O)C3CC3)CC(C)N4C(C)=O)cn2)NOC1C. The van der Waals surface area contributed by atoms with Crippen molar-refractivity contribution in [2.45, 2.75) is 97.6 Å². The summed E-state index contributed by atoms with van der Waals surface area (Å²) in [4.78, 5) is 37.4. The van der Waals surface area contributed by atoms with Crippen LogP contribution in [-0.2, 0) is 21.0 Å². The molecule has 9 nitrogen and oxygen atoms in total. The molecule has 38 heavy (non-hydrogen) atoms. The van der Waals surface area contributed by atoms with Crippen LogP contribution in [0.25, 0.3) is 11.1 Å². The van der Waals surface area contributed by atoms with E-state index in [0.29, 0.717) is 13.1 Å². The molecule has 0 bridgehead atoms. The Morgan fingerprint density at radius 3 is 2.61 bits per heavy atom. The fraction of sp³-hybridized carbons (Fsp3) is 0.621. The van der Waals surface area contributed by atoms with Crippen molar-refractivity contribution in [3.05, 3.63) is 30.6 Å². The molecule has 3 heterocycles. The number of nitrogens with one attached hydrogen (secondary N) is 1. The minimum atomic E-state index is -0.0607. The Morgan fingerprint density at radius 2 is 1.87 bits per heavy atom. The molecule has 2 amide bonds. The van der Waals surface area contributed by atoms with Gasteiger partial charge in [0.2, 0.25) is 11.8 Å². The smallest absolute Gasteiger partial charge is 0.230 e. The second kappa shape index (κ2) is 11.6. The minimum absolute atomic E-state index is 0.00623. The Hall–Kier alpha value is -2.75. The van der Waals surface area contributed by atoms with E-state index >= 15 is 0 Å². The third-order valence-electron chi connectivity index (χ3n) is 8.03. The van der Waals surface area contributed by atoms with E-state index in [1.54, 1.807) is 6.92 Å². The van der Waals surface area contributed by atoms with Crippen molar-refractivity contribution in [2.24, 2.45) is 5.92 Å². The number of amides is 2. The van der Waals surface area contributed by atoms with E-state index in [1.165, 1.54) is 25.7 Å². The molecule has 1 saturated heterocycles. The van der Waals surface area contributed by atoms with Crippen molar-refractivity contribution < 1.29 is 14.4 Å². The molecule has 206 valence electrons. The lowest BCUT2D eigenvalue weighted by molar-refractivity contribution is -0.120. The number of aromatic nitrogens is 2. The molecular weight excluding hydrogens is 480 g/mol. The van der Waals surface area contributed by atoms with E-state index in [9.17, 15) is 9.59 Å². The average molecular weight is 523 g/mol. The van der Waals surface area contributed by atoms with Gasteiger partial charge in [0.05, 0.1) is 30.2 Å². The maximum Gasteiger partial charge on any atom is 0.230 e. The first-order chi connectivity index (χ1) is 18.4. The van der Waals surface area contributed by atoms with Crippen molar-refractivity contribution in [1.29, 1.82) is 0 Å². The van der Waals surface area contributed by atoms with Crippen LogP contribution in [-0.4, -0.2) is 58.0 Å². The van der Waals surface area contributed by atoms with Gasteiger partial charge < -0.3 is 9.80 Å². The summed E-state index contributed by atoms with van der Waals surface area (Å²) < 4.78 is 1.95. The van der Waals surface area contributed by atoms with Crippen LogP contribution in [0.4, 0.5) is 11.4 Å². The number of carbonyl (C=O) groups is 2. The summed E-state index contributed by atoms with van der Waals surface area (Å²) in [6.07, 6.45) is 12.2. The van der Waals surface area contributed by atoms with Crippen LogP contribution in [0.2, 0.25) is 0 Å². The Morgan fingerprint density at radius 1 is 1.08 bits per heavy atom. The van der Waals surface area contributed by atoms with Gasteiger partial charge in [-0.2, -0.15) is 10.6 Å². The highest BCUT2D eigenvalue weighted by atomic mass is 16.7. The molecule has 1 saturated carbocycles. The van der Waals surface area contributed by atoms with E-state index < -0.39 is 0 Å². The summed E-state index contributed by atoms with van der Waals surface area (Å²) in [5, 5.41) is 4.65. The Bertz CT molecular complexity index is 1150. The zero-order chi connectivity index (χ0) is 26.8. The summed E-state index contributed by atoms with van der Waals surface area (Å²) in [6.45, 7) is 10.1. The molecule has 5 rings (SSSR count). The summed E-state index contributed by atoms with van der Waals surface area (Å²) in [5.41, 5.74) is 6.77. The van der Waals surface area contributed by atoms with E-state index in [2.05, 4.69) is 29.3 Å². The molecule has 0 spiro atoms. The van der Waals surface area contributed by atoms with Gasteiger partial charge in [-0.1, -0.05) is 38.7 Å². The summed E-state index contributed by atoms with van der Waals surface area (Å²) in [6, 6.07) is 5.98. The number of rotatable bonds is 10. The van der Waals surface area contributed by atoms with Crippen LogP contribution in [0, 0.1) is 5.92 Å². The van der Waals surface area contributed by atoms with Crippen molar-refractivity contribution in [2.75, 3.05) is 22.9 Å². The second-order valence-corrected chi connectivity index (χ2v) is 11.1. The highest BCUT2D eigenvalue weighted by Crippen LogP contribution is 2.42. The summed E-state index contributed by atoms with van der Waals surface area (Å²) in [7, 11) is 0. The van der Waals surface area contributed by atoms with Gasteiger partial charge in [0.1, 0.15) is 12.4 Å². The van der Waals surface area contributed by atoms with Crippen molar-refractivity contribution in [3.63, 3.8) is 0 Å². The lowest BCUT2D eigenvalue weighted by Crippen LogP contribution is -2.51. The summed E-state index contributed by atoms with van der Waals surface area (Å²) in [5.74, 6) is 0.280.